The molecule has 4 heteroatoms. The summed E-state index contributed by atoms with van der Waals surface area (Å²) in [7, 11) is 1.88. The second kappa shape index (κ2) is 6.92. The molecule has 0 radical (unpaired) electrons. The van der Waals surface area contributed by atoms with Crippen LogP contribution in [0.2, 0.25) is 0 Å². The van der Waals surface area contributed by atoms with E-state index in [1.54, 1.807) is 4.68 Å². The number of rotatable bonds is 7. The zero-order chi connectivity index (χ0) is 13.5. The van der Waals surface area contributed by atoms with E-state index in [1.807, 2.05) is 13.2 Å². The molecule has 0 atom stereocenters. The number of nitrogens with zero attached hydrogens (tertiary/aromatic N) is 3. The van der Waals surface area contributed by atoms with Crippen LogP contribution in [-0.4, -0.2) is 15.0 Å². The Bertz CT molecular complexity index is 487. The molecule has 0 bridgehead atoms. The second-order valence-electron chi connectivity index (χ2n) is 4.89. The Balaban J connectivity index is 1.81. The Morgan fingerprint density at radius 2 is 1.95 bits per heavy atom. The van der Waals surface area contributed by atoms with Gasteiger partial charge in [-0.1, -0.05) is 37.1 Å². The SMILES string of the molecule is CCCCCc1ccc(NCc2cn(C)nn2)cc1. The first-order chi connectivity index (χ1) is 9.28. The Kier molecular flexibility index (Phi) is 4.95. The van der Waals surface area contributed by atoms with Gasteiger partial charge >= 0.3 is 0 Å². The smallest absolute Gasteiger partial charge is 0.102 e. The van der Waals surface area contributed by atoms with E-state index < -0.39 is 0 Å². The van der Waals surface area contributed by atoms with Crippen molar-refractivity contribution in [2.75, 3.05) is 5.32 Å². The Labute approximate surface area is 114 Å². The van der Waals surface area contributed by atoms with Crippen molar-refractivity contribution in [3.8, 4) is 0 Å². The number of hydrogen-bond donors (Lipinski definition) is 1. The maximum atomic E-state index is 4.05. The highest BCUT2D eigenvalue weighted by Gasteiger charge is 1.99. The lowest BCUT2D eigenvalue weighted by molar-refractivity contribution is 0.713. The van der Waals surface area contributed by atoms with Crippen molar-refractivity contribution >= 4 is 5.69 Å². The summed E-state index contributed by atoms with van der Waals surface area (Å²) in [6, 6.07) is 8.68. The molecule has 19 heavy (non-hydrogen) atoms. The minimum absolute atomic E-state index is 0.711. The molecule has 2 rings (SSSR count). The van der Waals surface area contributed by atoms with Crippen LogP contribution in [0.5, 0.6) is 0 Å². The van der Waals surface area contributed by atoms with E-state index in [4.69, 9.17) is 0 Å². The summed E-state index contributed by atoms with van der Waals surface area (Å²) in [6.07, 6.45) is 6.97. The van der Waals surface area contributed by atoms with Crippen LogP contribution in [0, 0.1) is 0 Å². The van der Waals surface area contributed by atoms with Crippen LogP contribution in [0.15, 0.2) is 30.5 Å². The van der Waals surface area contributed by atoms with Gasteiger partial charge in [-0.3, -0.25) is 4.68 Å². The van der Waals surface area contributed by atoms with Crippen molar-refractivity contribution in [3.05, 3.63) is 41.7 Å². The fraction of sp³-hybridized carbons (Fsp3) is 0.467. The monoisotopic (exact) mass is 258 g/mol. The highest BCUT2D eigenvalue weighted by Crippen LogP contribution is 2.13. The van der Waals surface area contributed by atoms with Crippen LogP contribution in [0.1, 0.15) is 37.4 Å². The molecule has 1 aromatic carbocycles. The van der Waals surface area contributed by atoms with Crippen LogP contribution < -0.4 is 5.32 Å². The van der Waals surface area contributed by atoms with Gasteiger partial charge in [-0.05, 0) is 30.5 Å². The average molecular weight is 258 g/mol. The molecule has 4 nitrogen and oxygen atoms in total. The van der Waals surface area contributed by atoms with E-state index >= 15 is 0 Å². The molecule has 1 heterocycles. The summed E-state index contributed by atoms with van der Waals surface area (Å²) in [5, 5.41) is 11.3. The van der Waals surface area contributed by atoms with Gasteiger partial charge < -0.3 is 5.32 Å². The number of nitrogens with one attached hydrogen (secondary N) is 1. The normalized spacial score (nSPS) is 10.6. The van der Waals surface area contributed by atoms with Crippen LogP contribution in [0.4, 0.5) is 5.69 Å². The Morgan fingerprint density at radius 1 is 1.16 bits per heavy atom. The van der Waals surface area contributed by atoms with Crippen molar-refractivity contribution < 1.29 is 0 Å². The molecule has 1 aromatic heterocycles. The van der Waals surface area contributed by atoms with Gasteiger partial charge in [0.25, 0.3) is 0 Å². The zero-order valence-corrected chi connectivity index (χ0v) is 11.8. The first kappa shape index (κ1) is 13.6. The average Bonchev–Trinajstić information content (AvgIpc) is 2.84. The van der Waals surface area contributed by atoms with Gasteiger partial charge in [0.05, 0.1) is 6.54 Å². The van der Waals surface area contributed by atoms with Crippen LogP contribution >= 0.6 is 0 Å². The van der Waals surface area contributed by atoms with Gasteiger partial charge in [-0.15, -0.1) is 5.10 Å². The van der Waals surface area contributed by atoms with E-state index in [9.17, 15) is 0 Å². The van der Waals surface area contributed by atoms with Crippen molar-refractivity contribution in [1.29, 1.82) is 0 Å². The molecule has 1 N–H and O–H groups in total. The maximum absolute atomic E-state index is 4.05. The van der Waals surface area contributed by atoms with Crippen LogP contribution in [0.3, 0.4) is 0 Å². The number of unbranched alkanes of at least 4 members (excludes halogenated alkanes) is 2. The summed E-state index contributed by atoms with van der Waals surface area (Å²) in [6.45, 7) is 2.95. The molecule has 0 fully saturated rings. The number of anilines is 1. The third-order valence-corrected chi connectivity index (χ3v) is 3.15. The number of hydrogen-bond acceptors (Lipinski definition) is 3. The molecule has 0 spiro atoms. The van der Waals surface area contributed by atoms with Crippen molar-refractivity contribution in [2.45, 2.75) is 39.2 Å². The lowest BCUT2D eigenvalue weighted by Gasteiger charge is -2.06. The quantitative estimate of drug-likeness (QED) is 0.776. The van der Waals surface area contributed by atoms with Gasteiger partial charge in [0.1, 0.15) is 5.69 Å². The zero-order valence-electron chi connectivity index (χ0n) is 11.8. The van der Waals surface area contributed by atoms with E-state index in [1.165, 1.54) is 31.2 Å². The lowest BCUT2D eigenvalue weighted by atomic mass is 10.1. The number of benzene rings is 1. The first-order valence-electron chi connectivity index (χ1n) is 6.96. The maximum Gasteiger partial charge on any atom is 0.102 e. The van der Waals surface area contributed by atoms with Gasteiger partial charge in [-0.2, -0.15) is 0 Å². The van der Waals surface area contributed by atoms with Crippen molar-refractivity contribution in [3.63, 3.8) is 0 Å². The van der Waals surface area contributed by atoms with Crippen LogP contribution in [0.25, 0.3) is 0 Å². The third kappa shape index (κ3) is 4.39. The molecule has 0 saturated heterocycles. The fourth-order valence-electron chi connectivity index (χ4n) is 2.04. The summed E-state index contributed by atoms with van der Waals surface area (Å²) < 4.78 is 1.72. The molecule has 102 valence electrons. The van der Waals surface area contributed by atoms with E-state index in [-0.39, 0.29) is 0 Å². The second-order valence-corrected chi connectivity index (χ2v) is 4.89. The lowest BCUT2D eigenvalue weighted by Crippen LogP contribution is -1.99. The molecule has 0 aliphatic carbocycles. The molecule has 0 aliphatic rings. The topological polar surface area (TPSA) is 42.7 Å². The summed E-state index contributed by atoms with van der Waals surface area (Å²) in [5.74, 6) is 0. The summed E-state index contributed by atoms with van der Waals surface area (Å²) in [5.41, 5.74) is 3.50. The first-order valence-corrected chi connectivity index (χ1v) is 6.96. The predicted molar refractivity (Wildman–Crippen MR) is 78.0 cm³/mol. The van der Waals surface area contributed by atoms with E-state index in [0.29, 0.717) is 6.54 Å². The van der Waals surface area contributed by atoms with Crippen LogP contribution in [-0.2, 0) is 20.0 Å². The number of aryl methyl sites for hydroxylation is 2. The standard InChI is InChI=1S/C15H22N4/c1-3-4-5-6-13-7-9-14(10-8-13)16-11-15-12-19(2)18-17-15/h7-10,12,16H,3-6,11H2,1-2H3. The van der Waals surface area contributed by atoms with E-state index in [2.05, 4.69) is 46.8 Å². The minimum Gasteiger partial charge on any atom is -0.379 e. The number of aromatic nitrogens is 3. The van der Waals surface area contributed by atoms with Crippen molar-refractivity contribution in [1.82, 2.24) is 15.0 Å². The highest BCUT2D eigenvalue weighted by atomic mass is 15.4. The Morgan fingerprint density at radius 3 is 2.58 bits per heavy atom. The van der Waals surface area contributed by atoms with Crippen molar-refractivity contribution in [2.24, 2.45) is 7.05 Å². The highest BCUT2D eigenvalue weighted by molar-refractivity contribution is 5.44. The predicted octanol–water partition coefficient (Wildman–Crippen LogP) is 3.16. The Hall–Kier alpha value is -1.84. The molecule has 0 saturated carbocycles. The molecule has 0 amide bonds. The van der Waals surface area contributed by atoms with Gasteiger partial charge in [0, 0.05) is 18.9 Å². The fourth-order valence-corrected chi connectivity index (χ4v) is 2.04. The molecule has 0 unspecified atom stereocenters. The summed E-state index contributed by atoms with van der Waals surface area (Å²) in [4.78, 5) is 0. The van der Waals surface area contributed by atoms with Gasteiger partial charge in [0.2, 0.25) is 0 Å². The molecule has 2 aromatic rings. The van der Waals surface area contributed by atoms with Gasteiger partial charge in [-0.25, -0.2) is 0 Å². The largest absolute Gasteiger partial charge is 0.379 e. The molecule has 0 aliphatic heterocycles. The minimum atomic E-state index is 0.711. The molecular formula is C15H22N4. The van der Waals surface area contributed by atoms with Gasteiger partial charge in [0.15, 0.2) is 0 Å². The van der Waals surface area contributed by atoms with E-state index in [0.717, 1.165) is 11.4 Å². The summed E-state index contributed by atoms with van der Waals surface area (Å²) >= 11 is 0. The third-order valence-electron chi connectivity index (χ3n) is 3.15. The molecular weight excluding hydrogens is 236 g/mol.